The lowest BCUT2D eigenvalue weighted by atomic mass is 10.1. The van der Waals surface area contributed by atoms with Gasteiger partial charge in [-0.3, -0.25) is 4.79 Å². The van der Waals surface area contributed by atoms with Crippen molar-refractivity contribution in [1.82, 2.24) is 14.9 Å². The minimum absolute atomic E-state index is 0.162. The first kappa shape index (κ1) is 18.0. The van der Waals surface area contributed by atoms with Gasteiger partial charge in [-0.05, 0) is 30.2 Å². The molecule has 28 heavy (non-hydrogen) atoms. The number of carboxylic acid groups (broad SMARTS) is 1. The fraction of sp³-hybridized carbons (Fsp3) is 0.368. The number of nitrogens with zero attached hydrogens (tertiary/aromatic N) is 4. The van der Waals surface area contributed by atoms with E-state index in [4.69, 9.17) is 9.47 Å². The summed E-state index contributed by atoms with van der Waals surface area (Å²) in [4.78, 5) is 36.0. The molecule has 3 heterocycles. The highest BCUT2D eigenvalue weighted by atomic mass is 16.7. The maximum atomic E-state index is 12.7. The van der Waals surface area contributed by atoms with E-state index < -0.39 is 12.0 Å². The zero-order chi connectivity index (χ0) is 19.5. The Bertz CT molecular complexity index is 876. The topological polar surface area (TPSA) is 105 Å². The van der Waals surface area contributed by atoms with Crippen molar-refractivity contribution >= 4 is 17.8 Å². The summed E-state index contributed by atoms with van der Waals surface area (Å²) < 4.78 is 10.6. The first-order chi connectivity index (χ1) is 13.6. The molecule has 9 nitrogen and oxygen atoms in total. The Morgan fingerprint density at radius 1 is 1.14 bits per heavy atom. The van der Waals surface area contributed by atoms with Crippen LogP contribution in [0.5, 0.6) is 11.5 Å². The van der Waals surface area contributed by atoms with Crippen LogP contribution in [0.3, 0.4) is 0 Å². The van der Waals surface area contributed by atoms with Gasteiger partial charge < -0.3 is 24.4 Å². The Balaban J connectivity index is 1.40. The number of piperazine rings is 1. The fourth-order valence-electron chi connectivity index (χ4n) is 3.42. The van der Waals surface area contributed by atoms with E-state index >= 15 is 0 Å². The van der Waals surface area contributed by atoms with Crippen molar-refractivity contribution in [1.29, 1.82) is 0 Å². The lowest BCUT2D eigenvalue weighted by Crippen LogP contribution is -2.58. The number of ether oxygens (including phenoxy) is 2. The van der Waals surface area contributed by atoms with Gasteiger partial charge in [0.25, 0.3) is 0 Å². The number of aromatic nitrogens is 2. The van der Waals surface area contributed by atoms with Crippen molar-refractivity contribution in [3.8, 4) is 11.5 Å². The van der Waals surface area contributed by atoms with Crippen molar-refractivity contribution in [3.05, 3.63) is 42.2 Å². The highest BCUT2D eigenvalue weighted by Gasteiger charge is 2.35. The summed E-state index contributed by atoms with van der Waals surface area (Å²) in [5, 5.41) is 9.62. The van der Waals surface area contributed by atoms with Gasteiger partial charge >= 0.3 is 5.97 Å². The third-order valence-electron chi connectivity index (χ3n) is 4.89. The Labute approximate surface area is 161 Å². The minimum Gasteiger partial charge on any atom is -0.480 e. The molecule has 1 N–H and O–H groups in total. The number of fused-ring (bicyclic) bond motifs is 1. The molecule has 1 aromatic carbocycles. The number of carbonyl (C=O) groups excluding carboxylic acids is 1. The Hall–Kier alpha value is -3.36. The van der Waals surface area contributed by atoms with E-state index in [9.17, 15) is 14.7 Å². The monoisotopic (exact) mass is 384 g/mol. The summed E-state index contributed by atoms with van der Waals surface area (Å²) in [6.07, 6.45) is 3.96. The Kier molecular flexibility index (Phi) is 4.96. The summed E-state index contributed by atoms with van der Waals surface area (Å²) in [6.45, 7) is 1.17. The first-order valence-corrected chi connectivity index (χ1v) is 9.04. The molecule has 9 heteroatoms. The van der Waals surface area contributed by atoms with E-state index in [2.05, 4.69) is 9.97 Å². The zero-order valence-corrected chi connectivity index (χ0v) is 15.2. The molecule has 2 aliphatic heterocycles. The molecule has 0 aliphatic carbocycles. The van der Waals surface area contributed by atoms with E-state index in [1.165, 1.54) is 4.90 Å². The van der Waals surface area contributed by atoms with Gasteiger partial charge in [0, 0.05) is 31.9 Å². The van der Waals surface area contributed by atoms with E-state index in [-0.39, 0.29) is 25.7 Å². The standard InChI is InChI=1S/C19H20N4O5/c24-17(5-3-13-2-4-15-16(10-13)28-12-27-15)23-9-8-22(11-14(23)18(25)26)19-20-6-1-7-21-19/h1-2,4,6-7,10,14H,3,5,8-9,11-12H2,(H,25,26)/t14-/m0/s1. The van der Waals surface area contributed by atoms with Crippen LogP contribution in [0.25, 0.3) is 0 Å². The van der Waals surface area contributed by atoms with Crippen molar-refractivity contribution in [2.75, 3.05) is 31.3 Å². The van der Waals surface area contributed by atoms with Gasteiger partial charge in [0.2, 0.25) is 18.6 Å². The third kappa shape index (κ3) is 3.68. The summed E-state index contributed by atoms with van der Waals surface area (Å²) >= 11 is 0. The van der Waals surface area contributed by atoms with Crippen molar-refractivity contribution in [2.45, 2.75) is 18.9 Å². The molecule has 0 unspecified atom stereocenters. The number of hydrogen-bond donors (Lipinski definition) is 1. The molecule has 1 atom stereocenters. The van der Waals surface area contributed by atoms with Gasteiger partial charge in [-0.2, -0.15) is 0 Å². The molecule has 0 radical (unpaired) electrons. The van der Waals surface area contributed by atoms with Gasteiger partial charge in [-0.15, -0.1) is 0 Å². The third-order valence-corrected chi connectivity index (χ3v) is 4.89. The van der Waals surface area contributed by atoms with Crippen LogP contribution in [-0.2, 0) is 16.0 Å². The predicted molar refractivity (Wildman–Crippen MR) is 98.3 cm³/mol. The maximum Gasteiger partial charge on any atom is 0.328 e. The minimum atomic E-state index is -1.03. The van der Waals surface area contributed by atoms with Crippen LogP contribution >= 0.6 is 0 Å². The molecular formula is C19H20N4O5. The first-order valence-electron chi connectivity index (χ1n) is 9.04. The molecule has 2 aliphatic rings. The number of carbonyl (C=O) groups is 2. The van der Waals surface area contributed by atoms with Gasteiger partial charge in [-0.25, -0.2) is 14.8 Å². The fourth-order valence-corrected chi connectivity index (χ4v) is 3.42. The van der Waals surface area contributed by atoms with Crippen molar-refractivity contribution < 1.29 is 24.2 Å². The molecule has 4 rings (SSSR count). The second-order valence-electron chi connectivity index (χ2n) is 6.62. The number of rotatable bonds is 5. The SMILES string of the molecule is O=C(O)[C@@H]1CN(c2ncccn2)CCN1C(=O)CCc1ccc2c(c1)OCO2. The summed E-state index contributed by atoms with van der Waals surface area (Å²) in [5.41, 5.74) is 0.945. The van der Waals surface area contributed by atoms with Crippen LogP contribution in [-0.4, -0.2) is 64.3 Å². The molecule has 146 valence electrons. The van der Waals surface area contributed by atoms with Crippen molar-refractivity contribution in [3.63, 3.8) is 0 Å². The van der Waals surface area contributed by atoms with E-state index in [1.54, 1.807) is 23.4 Å². The average Bonchev–Trinajstić information content (AvgIpc) is 3.20. The lowest BCUT2D eigenvalue weighted by Gasteiger charge is -2.39. The molecule has 0 saturated carbocycles. The van der Waals surface area contributed by atoms with Gasteiger partial charge in [-0.1, -0.05) is 6.07 Å². The van der Waals surface area contributed by atoms with Crippen molar-refractivity contribution in [2.24, 2.45) is 0 Å². The molecule has 1 amide bonds. The van der Waals surface area contributed by atoms with Crippen LogP contribution < -0.4 is 14.4 Å². The van der Waals surface area contributed by atoms with Gasteiger partial charge in [0.1, 0.15) is 6.04 Å². The summed E-state index contributed by atoms with van der Waals surface area (Å²) in [6, 6.07) is 6.34. The largest absolute Gasteiger partial charge is 0.480 e. The molecule has 1 aromatic heterocycles. The normalized spacial score (nSPS) is 18.2. The zero-order valence-electron chi connectivity index (χ0n) is 15.2. The predicted octanol–water partition coefficient (Wildman–Crippen LogP) is 0.940. The number of aliphatic carboxylic acids is 1. The number of aryl methyl sites for hydroxylation is 1. The average molecular weight is 384 g/mol. The lowest BCUT2D eigenvalue weighted by molar-refractivity contribution is -0.150. The molecule has 1 fully saturated rings. The number of amides is 1. The quantitative estimate of drug-likeness (QED) is 0.812. The molecule has 0 bridgehead atoms. The van der Waals surface area contributed by atoms with Crippen LogP contribution in [0.4, 0.5) is 5.95 Å². The Morgan fingerprint density at radius 2 is 1.93 bits per heavy atom. The number of hydrogen-bond acceptors (Lipinski definition) is 7. The van der Waals surface area contributed by atoms with Crippen LogP contribution in [0.15, 0.2) is 36.7 Å². The Morgan fingerprint density at radius 3 is 2.71 bits per heavy atom. The van der Waals surface area contributed by atoms with Gasteiger partial charge in [0.15, 0.2) is 11.5 Å². The molecule has 1 saturated heterocycles. The van der Waals surface area contributed by atoms with E-state index in [0.717, 1.165) is 5.56 Å². The second kappa shape index (κ2) is 7.71. The highest BCUT2D eigenvalue weighted by molar-refractivity contribution is 5.84. The smallest absolute Gasteiger partial charge is 0.328 e. The molecule has 0 spiro atoms. The van der Waals surface area contributed by atoms with Crippen LogP contribution in [0.1, 0.15) is 12.0 Å². The number of carboxylic acids is 1. The summed E-state index contributed by atoms with van der Waals surface area (Å²) in [7, 11) is 0. The molecule has 2 aromatic rings. The van der Waals surface area contributed by atoms with Crippen LogP contribution in [0, 0.1) is 0 Å². The maximum absolute atomic E-state index is 12.7. The number of anilines is 1. The highest BCUT2D eigenvalue weighted by Crippen LogP contribution is 2.32. The van der Waals surface area contributed by atoms with Gasteiger partial charge in [0.05, 0.1) is 6.54 Å². The van der Waals surface area contributed by atoms with E-state index in [1.807, 2.05) is 18.2 Å². The second-order valence-corrected chi connectivity index (χ2v) is 6.62. The van der Waals surface area contributed by atoms with E-state index in [0.29, 0.717) is 37.0 Å². The number of benzene rings is 1. The van der Waals surface area contributed by atoms with Crippen LogP contribution in [0.2, 0.25) is 0 Å². The summed E-state index contributed by atoms with van der Waals surface area (Å²) in [5.74, 6) is 0.627. The molecular weight excluding hydrogens is 364 g/mol.